The van der Waals surface area contributed by atoms with Gasteiger partial charge in [0.15, 0.2) is 11.6 Å². The fourth-order valence-electron chi connectivity index (χ4n) is 10.6. The molecule has 40 heavy (non-hydrogen) atoms. The predicted molar refractivity (Wildman–Crippen MR) is 152 cm³/mol. The number of hydrogen-bond acceptors (Lipinski definition) is 5. The van der Waals surface area contributed by atoms with Crippen molar-refractivity contribution < 1.29 is 14.4 Å². The Bertz CT molecular complexity index is 1420. The summed E-state index contributed by atoms with van der Waals surface area (Å²) in [5.41, 5.74) is -1.09. The minimum absolute atomic E-state index is 0.0227. The molecule has 0 aromatic carbocycles. The first-order valence-corrected chi connectivity index (χ1v) is 15.1. The number of rotatable bonds is 1. The number of ketones is 2. The molecule has 0 N–H and O–H groups in total. The lowest BCUT2D eigenvalue weighted by Crippen LogP contribution is -2.66. The van der Waals surface area contributed by atoms with E-state index >= 15 is 0 Å². The van der Waals surface area contributed by atoms with Crippen molar-refractivity contribution in [2.24, 2.45) is 50.2 Å². The molecule has 6 rings (SSSR count). The highest BCUT2D eigenvalue weighted by molar-refractivity contribution is 6.04. The number of carbonyl (C=O) groups is 3. The lowest BCUT2D eigenvalue weighted by atomic mass is 9.34. The van der Waals surface area contributed by atoms with E-state index in [1.807, 2.05) is 26.0 Å². The van der Waals surface area contributed by atoms with Crippen molar-refractivity contribution in [3.8, 4) is 6.07 Å². The first kappa shape index (κ1) is 27.4. The van der Waals surface area contributed by atoms with Gasteiger partial charge in [-0.2, -0.15) is 10.4 Å². The first-order valence-electron chi connectivity index (χ1n) is 15.1. The standard InChI is InChI=1S/C34H43N3O3/c1-29(2)11-13-34(28(40)37-16-8-15-36-37)14-12-33(7)26(22(34)19-29)23(38)17-25-31(5)18-21(20-35)27(39)30(3,4)24(31)9-10-32(25,33)6/h8,15-18,22,24,26H,9-14,19H2,1-7H3/t22?,24-,26?,31-,32+,33+,34-/m0/s1. The zero-order valence-electron chi connectivity index (χ0n) is 25.1. The third-order valence-corrected chi connectivity index (χ3v) is 13.0. The lowest BCUT2D eigenvalue weighted by Gasteiger charge is -2.69. The van der Waals surface area contributed by atoms with Crippen LogP contribution in [0.2, 0.25) is 0 Å². The van der Waals surface area contributed by atoms with Gasteiger partial charge in [0.1, 0.15) is 6.07 Å². The molecule has 7 atom stereocenters. The van der Waals surface area contributed by atoms with Crippen molar-refractivity contribution in [1.29, 1.82) is 5.26 Å². The number of fused-ring (bicyclic) bond motifs is 7. The van der Waals surface area contributed by atoms with E-state index < -0.39 is 16.2 Å². The summed E-state index contributed by atoms with van der Waals surface area (Å²) in [6.45, 7) is 15.3. The number of Topliss-reactive ketones (excluding diaryl/α,β-unsaturated/α-hetero) is 1. The van der Waals surface area contributed by atoms with Crippen LogP contribution in [0, 0.1) is 61.6 Å². The van der Waals surface area contributed by atoms with Crippen molar-refractivity contribution in [1.82, 2.24) is 9.78 Å². The van der Waals surface area contributed by atoms with Gasteiger partial charge in [0.05, 0.1) is 11.0 Å². The van der Waals surface area contributed by atoms with Gasteiger partial charge in [0.25, 0.3) is 5.91 Å². The highest BCUT2D eigenvalue weighted by atomic mass is 16.2. The molecular formula is C34H43N3O3. The van der Waals surface area contributed by atoms with Crippen molar-refractivity contribution in [3.05, 3.63) is 41.8 Å². The van der Waals surface area contributed by atoms with E-state index in [0.717, 1.165) is 50.5 Å². The van der Waals surface area contributed by atoms with Crippen molar-refractivity contribution in [2.45, 2.75) is 93.4 Å². The second-order valence-corrected chi connectivity index (χ2v) is 15.7. The second-order valence-electron chi connectivity index (χ2n) is 15.7. The Morgan fingerprint density at radius 2 is 1.73 bits per heavy atom. The fraction of sp³-hybridized carbons (Fsp3) is 0.676. The first-order chi connectivity index (χ1) is 18.6. The van der Waals surface area contributed by atoms with Gasteiger partial charge < -0.3 is 0 Å². The molecule has 1 heterocycles. The van der Waals surface area contributed by atoms with E-state index in [4.69, 9.17) is 0 Å². The van der Waals surface area contributed by atoms with Crippen molar-refractivity contribution >= 4 is 17.5 Å². The maximum Gasteiger partial charge on any atom is 0.253 e. The Balaban J connectivity index is 1.53. The van der Waals surface area contributed by atoms with E-state index in [0.29, 0.717) is 0 Å². The summed E-state index contributed by atoms with van der Waals surface area (Å²) < 4.78 is 1.51. The molecular weight excluding hydrogens is 498 g/mol. The Morgan fingerprint density at radius 3 is 2.38 bits per heavy atom. The van der Waals surface area contributed by atoms with Crippen LogP contribution < -0.4 is 0 Å². The molecule has 5 aliphatic rings. The SMILES string of the molecule is CC1(C)CC[C@]2(C(=O)n3cccn3)CC[C@]3(C)C(C(=O)C=C4[C@@]5(C)C=C(C#N)C(=O)C(C)(C)[C@@H]5CC[C@]43C)C2C1. The predicted octanol–water partition coefficient (Wildman–Crippen LogP) is 6.74. The highest BCUT2D eigenvalue weighted by Gasteiger charge is 2.71. The molecule has 6 heteroatoms. The van der Waals surface area contributed by atoms with E-state index in [-0.39, 0.29) is 57.0 Å². The van der Waals surface area contributed by atoms with Gasteiger partial charge in [-0.15, -0.1) is 0 Å². The normalized spacial score (nSPS) is 43.2. The van der Waals surface area contributed by atoms with Crippen LogP contribution in [0.1, 0.15) is 98.2 Å². The summed E-state index contributed by atoms with van der Waals surface area (Å²) in [4.78, 5) is 42.0. The van der Waals surface area contributed by atoms with Crippen LogP contribution in [0.5, 0.6) is 0 Å². The van der Waals surface area contributed by atoms with Crippen molar-refractivity contribution in [3.63, 3.8) is 0 Å². The zero-order chi connectivity index (χ0) is 29.1. The van der Waals surface area contributed by atoms with Crippen LogP contribution in [0.4, 0.5) is 0 Å². The van der Waals surface area contributed by atoms with Gasteiger partial charge in [0, 0.05) is 29.1 Å². The average Bonchev–Trinajstić information content (AvgIpc) is 3.42. The molecule has 0 amide bonds. The van der Waals surface area contributed by atoms with Crippen LogP contribution in [-0.4, -0.2) is 27.3 Å². The van der Waals surface area contributed by atoms with Crippen molar-refractivity contribution in [2.75, 3.05) is 0 Å². The Morgan fingerprint density at radius 1 is 1.02 bits per heavy atom. The molecule has 2 unspecified atom stereocenters. The minimum Gasteiger partial charge on any atom is -0.295 e. The zero-order valence-corrected chi connectivity index (χ0v) is 25.1. The maximum atomic E-state index is 14.6. The molecule has 3 saturated carbocycles. The summed E-state index contributed by atoms with van der Waals surface area (Å²) in [6, 6.07) is 3.98. The molecule has 5 aliphatic carbocycles. The van der Waals surface area contributed by atoms with Crippen LogP contribution >= 0.6 is 0 Å². The monoisotopic (exact) mass is 541 g/mol. The smallest absolute Gasteiger partial charge is 0.253 e. The number of hydrogen-bond donors (Lipinski definition) is 0. The second kappa shape index (κ2) is 8.14. The molecule has 212 valence electrons. The van der Waals surface area contributed by atoms with Gasteiger partial charge in [0.2, 0.25) is 0 Å². The number of allylic oxidation sites excluding steroid dienone is 4. The van der Waals surface area contributed by atoms with E-state index in [9.17, 15) is 19.6 Å². The van der Waals surface area contributed by atoms with Gasteiger partial charge in [-0.05, 0) is 85.2 Å². The molecule has 0 saturated heterocycles. The van der Waals surface area contributed by atoms with Gasteiger partial charge >= 0.3 is 0 Å². The van der Waals surface area contributed by atoms with Gasteiger partial charge in [-0.1, -0.05) is 60.1 Å². The number of nitrogens with zero attached hydrogens (tertiary/aromatic N) is 3. The van der Waals surface area contributed by atoms with Crippen LogP contribution in [0.3, 0.4) is 0 Å². The quantitative estimate of drug-likeness (QED) is 0.392. The third-order valence-electron chi connectivity index (χ3n) is 13.0. The maximum absolute atomic E-state index is 14.6. The third kappa shape index (κ3) is 3.21. The minimum atomic E-state index is -0.678. The summed E-state index contributed by atoms with van der Waals surface area (Å²) in [7, 11) is 0. The number of aromatic nitrogens is 2. The Hall–Kier alpha value is -2.81. The van der Waals surface area contributed by atoms with Crippen LogP contribution in [0.25, 0.3) is 0 Å². The molecule has 3 fully saturated rings. The fourth-order valence-corrected chi connectivity index (χ4v) is 10.6. The summed E-state index contributed by atoms with van der Waals surface area (Å²) >= 11 is 0. The molecule has 0 aliphatic heterocycles. The number of carbonyl (C=O) groups excluding carboxylic acids is 3. The molecule has 0 radical (unpaired) electrons. The van der Waals surface area contributed by atoms with Crippen LogP contribution in [-0.2, 0) is 9.59 Å². The highest BCUT2D eigenvalue weighted by Crippen LogP contribution is 2.74. The Labute approximate surface area is 238 Å². The van der Waals surface area contributed by atoms with E-state index in [1.165, 1.54) is 4.68 Å². The van der Waals surface area contributed by atoms with Gasteiger partial charge in [-0.3, -0.25) is 14.4 Å². The van der Waals surface area contributed by atoms with Gasteiger partial charge in [-0.25, -0.2) is 4.68 Å². The molecule has 6 nitrogen and oxygen atoms in total. The largest absolute Gasteiger partial charge is 0.295 e. The topological polar surface area (TPSA) is 92.8 Å². The Kier molecular flexibility index (Phi) is 5.57. The molecule has 1 aromatic heterocycles. The number of nitriles is 1. The summed E-state index contributed by atoms with van der Waals surface area (Å²) in [6.07, 6.45) is 13.1. The molecule has 0 spiro atoms. The lowest BCUT2D eigenvalue weighted by molar-refractivity contribution is -0.164. The van der Waals surface area contributed by atoms with E-state index in [2.05, 4.69) is 45.8 Å². The molecule has 0 bridgehead atoms. The van der Waals surface area contributed by atoms with E-state index in [1.54, 1.807) is 18.5 Å². The summed E-state index contributed by atoms with van der Waals surface area (Å²) in [5, 5.41) is 14.3. The molecule has 1 aromatic rings. The average molecular weight is 542 g/mol. The summed E-state index contributed by atoms with van der Waals surface area (Å²) in [5.74, 6) is -0.219. The van der Waals surface area contributed by atoms with Crippen LogP contribution in [0.15, 0.2) is 41.8 Å².